The molecule has 0 aromatic heterocycles. The van der Waals surface area contributed by atoms with Crippen LogP contribution < -0.4 is 4.90 Å². The maximum Gasteiger partial charge on any atom is 0.338 e. The summed E-state index contributed by atoms with van der Waals surface area (Å²) >= 11 is 0. The molecule has 0 fully saturated rings. The number of nitrogens with zero attached hydrogens (tertiary/aromatic N) is 1. The van der Waals surface area contributed by atoms with Crippen molar-refractivity contribution in [2.75, 3.05) is 24.6 Å². The van der Waals surface area contributed by atoms with Gasteiger partial charge >= 0.3 is 5.97 Å². The first kappa shape index (κ1) is 23.3. The molecule has 0 N–H and O–H groups in total. The number of benzene rings is 1. The first-order valence-corrected chi connectivity index (χ1v) is 10.6. The summed E-state index contributed by atoms with van der Waals surface area (Å²) in [6.07, 6.45) is 5.46. The van der Waals surface area contributed by atoms with Gasteiger partial charge in [-0.15, -0.1) is 0 Å². The third kappa shape index (κ3) is 9.12. The Morgan fingerprint density at radius 3 is 2.04 bits per heavy atom. The van der Waals surface area contributed by atoms with Crippen molar-refractivity contribution >= 4 is 17.2 Å². The molecule has 0 saturated carbocycles. The molecule has 3 nitrogen and oxygen atoms in total. The van der Waals surface area contributed by atoms with E-state index in [1.54, 1.807) is 0 Å². The van der Waals surface area contributed by atoms with Crippen LogP contribution in [-0.4, -0.2) is 25.7 Å². The Hall–Kier alpha value is -1.77. The fraction of sp³-hybridized carbons (Fsp3) is 0.625. The van der Waals surface area contributed by atoms with Crippen molar-refractivity contribution in [3.8, 4) is 0 Å². The number of carbonyl (C=O) groups is 1. The third-order valence-electron chi connectivity index (χ3n) is 4.76. The normalized spacial score (nSPS) is 11.1. The first-order valence-electron chi connectivity index (χ1n) is 10.6. The van der Waals surface area contributed by atoms with Crippen molar-refractivity contribution in [1.82, 2.24) is 0 Å². The van der Waals surface area contributed by atoms with Gasteiger partial charge in [0, 0.05) is 18.8 Å². The van der Waals surface area contributed by atoms with Gasteiger partial charge in [-0.25, -0.2) is 4.79 Å². The summed E-state index contributed by atoms with van der Waals surface area (Å²) in [5, 5.41) is 0. The SMILES string of the molecule is C=C(C(=O)OCCCCC)c1ccc(N(CCC(C)C)CCC(C)C)cc1. The second-order valence-electron chi connectivity index (χ2n) is 8.22. The summed E-state index contributed by atoms with van der Waals surface area (Å²) < 4.78 is 5.32. The van der Waals surface area contributed by atoms with E-state index in [-0.39, 0.29) is 5.97 Å². The Morgan fingerprint density at radius 2 is 1.56 bits per heavy atom. The number of hydrogen-bond donors (Lipinski definition) is 0. The van der Waals surface area contributed by atoms with Crippen LogP contribution in [-0.2, 0) is 9.53 Å². The smallest absolute Gasteiger partial charge is 0.338 e. The molecule has 0 radical (unpaired) electrons. The number of carbonyl (C=O) groups excluding carboxylic acids is 1. The molecule has 0 aliphatic rings. The number of esters is 1. The van der Waals surface area contributed by atoms with Crippen LogP contribution in [0.5, 0.6) is 0 Å². The van der Waals surface area contributed by atoms with Gasteiger partial charge in [-0.3, -0.25) is 0 Å². The molecule has 0 aliphatic carbocycles. The minimum absolute atomic E-state index is 0.310. The van der Waals surface area contributed by atoms with Crippen LogP contribution in [0.3, 0.4) is 0 Å². The molecule has 0 amide bonds. The van der Waals surface area contributed by atoms with Gasteiger partial charge in [0.25, 0.3) is 0 Å². The fourth-order valence-corrected chi connectivity index (χ4v) is 2.79. The monoisotopic (exact) mass is 373 g/mol. The van der Waals surface area contributed by atoms with Crippen LogP contribution in [0.1, 0.15) is 72.3 Å². The summed E-state index contributed by atoms with van der Waals surface area (Å²) in [6.45, 7) is 17.7. The summed E-state index contributed by atoms with van der Waals surface area (Å²) in [4.78, 5) is 14.6. The van der Waals surface area contributed by atoms with Crippen molar-refractivity contribution in [2.45, 2.75) is 66.7 Å². The lowest BCUT2D eigenvalue weighted by Crippen LogP contribution is -2.27. The second-order valence-corrected chi connectivity index (χ2v) is 8.22. The molecule has 27 heavy (non-hydrogen) atoms. The highest BCUT2D eigenvalue weighted by molar-refractivity contribution is 6.15. The molecule has 0 aliphatic heterocycles. The van der Waals surface area contributed by atoms with Crippen LogP contribution in [0.2, 0.25) is 0 Å². The highest BCUT2D eigenvalue weighted by Crippen LogP contribution is 2.22. The van der Waals surface area contributed by atoms with Crippen LogP contribution in [0.15, 0.2) is 30.8 Å². The summed E-state index contributed by atoms with van der Waals surface area (Å²) in [6, 6.07) is 8.18. The minimum atomic E-state index is -0.310. The van der Waals surface area contributed by atoms with Gasteiger partial charge in [0.1, 0.15) is 0 Å². The average molecular weight is 374 g/mol. The van der Waals surface area contributed by atoms with E-state index in [0.717, 1.165) is 37.9 Å². The van der Waals surface area contributed by atoms with Crippen LogP contribution in [0.25, 0.3) is 5.57 Å². The van der Waals surface area contributed by atoms with E-state index in [1.807, 2.05) is 12.1 Å². The molecule has 3 heteroatoms. The van der Waals surface area contributed by atoms with E-state index in [1.165, 1.54) is 18.5 Å². The van der Waals surface area contributed by atoms with Gasteiger partial charge in [-0.1, -0.05) is 66.2 Å². The Labute approximate surface area is 166 Å². The molecule has 0 saturated heterocycles. The van der Waals surface area contributed by atoms with Gasteiger partial charge in [0.2, 0.25) is 0 Å². The van der Waals surface area contributed by atoms with E-state index in [2.05, 4.69) is 58.2 Å². The van der Waals surface area contributed by atoms with E-state index in [9.17, 15) is 4.79 Å². The van der Waals surface area contributed by atoms with Gasteiger partial charge in [-0.2, -0.15) is 0 Å². The zero-order valence-electron chi connectivity index (χ0n) is 18.1. The Kier molecular flexibility index (Phi) is 10.8. The fourth-order valence-electron chi connectivity index (χ4n) is 2.79. The lowest BCUT2D eigenvalue weighted by molar-refractivity contribution is -0.136. The second kappa shape index (κ2) is 12.6. The van der Waals surface area contributed by atoms with Gasteiger partial charge in [0.15, 0.2) is 0 Å². The summed E-state index contributed by atoms with van der Waals surface area (Å²) in [5.41, 5.74) is 2.49. The standard InChI is InChI=1S/C24H39NO2/c1-7-8-9-18-27-24(26)21(6)22-10-12-23(13-11-22)25(16-14-19(2)3)17-15-20(4)5/h10-13,19-20H,6-9,14-18H2,1-5H3. The minimum Gasteiger partial charge on any atom is -0.462 e. The molecule has 0 heterocycles. The topological polar surface area (TPSA) is 29.5 Å². The molecule has 0 unspecified atom stereocenters. The number of unbranched alkanes of at least 4 members (excludes halogenated alkanes) is 2. The van der Waals surface area contributed by atoms with Gasteiger partial charge in [-0.05, 0) is 48.8 Å². The predicted molar refractivity (Wildman–Crippen MR) is 117 cm³/mol. The Bertz CT molecular complexity index is 548. The molecular formula is C24H39NO2. The highest BCUT2D eigenvalue weighted by Gasteiger charge is 2.13. The first-order chi connectivity index (χ1) is 12.8. The maximum absolute atomic E-state index is 12.1. The van der Waals surface area contributed by atoms with Crippen LogP contribution in [0, 0.1) is 11.8 Å². The quantitative estimate of drug-likeness (QED) is 0.230. The zero-order chi connectivity index (χ0) is 20.2. The highest BCUT2D eigenvalue weighted by atomic mass is 16.5. The number of hydrogen-bond acceptors (Lipinski definition) is 3. The third-order valence-corrected chi connectivity index (χ3v) is 4.76. The van der Waals surface area contributed by atoms with Crippen molar-refractivity contribution < 1.29 is 9.53 Å². The van der Waals surface area contributed by atoms with E-state index >= 15 is 0 Å². The molecule has 0 bridgehead atoms. The van der Waals surface area contributed by atoms with Gasteiger partial charge in [0.05, 0.1) is 12.2 Å². The van der Waals surface area contributed by atoms with E-state index in [4.69, 9.17) is 4.74 Å². The molecule has 1 aromatic rings. The van der Waals surface area contributed by atoms with Crippen LogP contribution in [0.4, 0.5) is 5.69 Å². The largest absolute Gasteiger partial charge is 0.462 e. The van der Waals surface area contributed by atoms with Crippen LogP contribution >= 0.6 is 0 Å². The number of anilines is 1. The van der Waals surface area contributed by atoms with Gasteiger partial charge < -0.3 is 9.64 Å². The van der Waals surface area contributed by atoms with Crippen molar-refractivity contribution in [3.05, 3.63) is 36.4 Å². The molecule has 0 atom stereocenters. The summed E-state index contributed by atoms with van der Waals surface area (Å²) in [7, 11) is 0. The van der Waals surface area contributed by atoms with Crippen molar-refractivity contribution in [2.24, 2.45) is 11.8 Å². The average Bonchev–Trinajstić information content (AvgIpc) is 2.64. The molecule has 1 rings (SSSR count). The maximum atomic E-state index is 12.1. The number of rotatable bonds is 13. The molecular weight excluding hydrogens is 334 g/mol. The van der Waals surface area contributed by atoms with E-state index < -0.39 is 0 Å². The Morgan fingerprint density at radius 1 is 1.00 bits per heavy atom. The summed E-state index contributed by atoms with van der Waals surface area (Å²) in [5.74, 6) is 1.07. The lowest BCUT2D eigenvalue weighted by Gasteiger charge is -2.27. The molecule has 0 spiro atoms. The van der Waals surface area contributed by atoms with Crippen molar-refractivity contribution in [1.29, 1.82) is 0 Å². The van der Waals surface area contributed by atoms with Crippen molar-refractivity contribution in [3.63, 3.8) is 0 Å². The molecule has 152 valence electrons. The Balaban J connectivity index is 2.71. The predicted octanol–water partition coefficient (Wildman–Crippen LogP) is 6.33. The zero-order valence-corrected chi connectivity index (χ0v) is 18.1. The van der Waals surface area contributed by atoms with E-state index in [0.29, 0.717) is 24.0 Å². The molecule has 1 aromatic carbocycles. The number of ether oxygens (including phenoxy) is 1. The lowest BCUT2D eigenvalue weighted by atomic mass is 10.1.